The Balaban J connectivity index is 3.94. The predicted octanol–water partition coefficient (Wildman–Crippen LogP) is 1.89. The molecule has 0 aliphatic carbocycles. The van der Waals surface area contributed by atoms with E-state index in [0.717, 1.165) is 38.5 Å². The van der Waals surface area contributed by atoms with Crippen LogP contribution in [-0.4, -0.2) is 29.0 Å². The van der Waals surface area contributed by atoms with Crippen LogP contribution in [0.5, 0.6) is 0 Å². The Labute approximate surface area is 110 Å². The summed E-state index contributed by atoms with van der Waals surface area (Å²) in [6.07, 6.45) is 6.17. The molecule has 5 N–H and O–H groups in total. The van der Waals surface area contributed by atoms with Gasteiger partial charge >= 0.3 is 5.97 Å². The molecule has 0 saturated carbocycles. The summed E-state index contributed by atoms with van der Waals surface area (Å²) in [4.78, 5) is 15.0. The Morgan fingerprint density at radius 2 is 1.83 bits per heavy atom. The van der Waals surface area contributed by atoms with Gasteiger partial charge in [-0.3, -0.25) is 9.79 Å². The van der Waals surface area contributed by atoms with E-state index in [4.69, 9.17) is 16.6 Å². The van der Waals surface area contributed by atoms with E-state index in [0.29, 0.717) is 12.3 Å². The summed E-state index contributed by atoms with van der Waals surface area (Å²) in [7, 11) is 0. The molecule has 106 valence electrons. The van der Waals surface area contributed by atoms with Gasteiger partial charge in [0.1, 0.15) is 6.04 Å². The lowest BCUT2D eigenvalue weighted by Gasteiger charge is -2.13. The second kappa shape index (κ2) is 9.88. The number of nitrogens with zero attached hydrogens (tertiary/aromatic N) is 1. The third kappa shape index (κ3) is 8.06. The highest BCUT2D eigenvalue weighted by atomic mass is 16.4. The van der Waals surface area contributed by atoms with Crippen molar-refractivity contribution in [3.8, 4) is 0 Å². The van der Waals surface area contributed by atoms with E-state index in [2.05, 4.69) is 11.9 Å². The summed E-state index contributed by atoms with van der Waals surface area (Å²) in [6.45, 7) is 4.12. The van der Waals surface area contributed by atoms with Gasteiger partial charge in [0.05, 0.1) is 11.9 Å². The van der Waals surface area contributed by atoms with Crippen LogP contribution in [0.25, 0.3) is 0 Å². The Kier molecular flexibility index (Phi) is 9.28. The number of hydrogen-bond donors (Lipinski definition) is 3. The van der Waals surface area contributed by atoms with Crippen molar-refractivity contribution in [3.63, 3.8) is 0 Å². The van der Waals surface area contributed by atoms with Gasteiger partial charge in [0, 0.05) is 6.42 Å². The first-order valence-corrected chi connectivity index (χ1v) is 6.81. The molecule has 0 aromatic heterocycles. The molecule has 2 atom stereocenters. The lowest BCUT2D eigenvalue weighted by atomic mass is 10.0. The van der Waals surface area contributed by atoms with Gasteiger partial charge in [0.15, 0.2) is 0 Å². The second-order valence-corrected chi connectivity index (χ2v) is 4.65. The van der Waals surface area contributed by atoms with Gasteiger partial charge in [0.25, 0.3) is 0 Å². The van der Waals surface area contributed by atoms with Gasteiger partial charge in [0.2, 0.25) is 0 Å². The standard InChI is InChI=1S/C13H27N3O2/c1-3-7-10(16-12(15)4-2)8-5-6-9-11(14)13(17)18/h10-11H,3-9,14H2,1-2H3,(H2,15,16)(H,17,18). The summed E-state index contributed by atoms with van der Waals surface area (Å²) in [5, 5.41) is 8.66. The Bertz CT molecular complexity index is 267. The number of rotatable bonds is 10. The van der Waals surface area contributed by atoms with Crippen LogP contribution in [0, 0.1) is 0 Å². The molecule has 0 fully saturated rings. The highest BCUT2D eigenvalue weighted by molar-refractivity contribution is 5.80. The third-order valence-corrected chi connectivity index (χ3v) is 2.95. The van der Waals surface area contributed by atoms with E-state index in [-0.39, 0.29) is 6.04 Å². The quantitative estimate of drug-likeness (QED) is 0.316. The van der Waals surface area contributed by atoms with Crippen molar-refractivity contribution in [2.75, 3.05) is 0 Å². The highest BCUT2D eigenvalue weighted by Crippen LogP contribution is 2.13. The molecular weight excluding hydrogens is 230 g/mol. The number of aliphatic carboxylic acids is 1. The number of hydrogen-bond acceptors (Lipinski definition) is 3. The van der Waals surface area contributed by atoms with Crippen molar-refractivity contribution < 1.29 is 9.90 Å². The van der Waals surface area contributed by atoms with Gasteiger partial charge in [-0.15, -0.1) is 0 Å². The smallest absolute Gasteiger partial charge is 0.320 e. The summed E-state index contributed by atoms with van der Waals surface area (Å²) in [5.41, 5.74) is 11.2. The number of unbranched alkanes of at least 4 members (excludes halogenated alkanes) is 1. The lowest BCUT2D eigenvalue weighted by molar-refractivity contribution is -0.138. The van der Waals surface area contributed by atoms with Crippen LogP contribution in [0.15, 0.2) is 4.99 Å². The molecule has 0 heterocycles. The normalized spacial score (nSPS) is 15.4. The Hall–Kier alpha value is -1.10. The fourth-order valence-electron chi connectivity index (χ4n) is 1.80. The van der Waals surface area contributed by atoms with Crippen molar-refractivity contribution in [1.29, 1.82) is 0 Å². The van der Waals surface area contributed by atoms with Gasteiger partial charge in [-0.25, -0.2) is 0 Å². The minimum Gasteiger partial charge on any atom is -0.480 e. The van der Waals surface area contributed by atoms with Crippen LogP contribution < -0.4 is 11.5 Å². The number of carboxylic acids is 1. The zero-order valence-electron chi connectivity index (χ0n) is 11.6. The SMILES string of the molecule is CCCC(CCCCC(N)C(=O)O)N=C(N)CC. The number of aliphatic imine (C=N–C) groups is 1. The van der Waals surface area contributed by atoms with Gasteiger partial charge in [-0.2, -0.15) is 0 Å². The first kappa shape index (κ1) is 16.9. The second-order valence-electron chi connectivity index (χ2n) is 4.65. The Morgan fingerprint density at radius 3 is 2.33 bits per heavy atom. The van der Waals surface area contributed by atoms with Gasteiger partial charge in [-0.05, 0) is 19.3 Å². The average Bonchev–Trinajstić information content (AvgIpc) is 2.33. The third-order valence-electron chi connectivity index (χ3n) is 2.95. The number of nitrogens with two attached hydrogens (primary N) is 2. The van der Waals surface area contributed by atoms with Crippen molar-refractivity contribution in [3.05, 3.63) is 0 Å². The van der Waals surface area contributed by atoms with Gasteiger partial charge in [-0.1, -0.05) is 33.1 Å². The molecular formula is C13H27N3O2. The molecule has 0 aliphatic rings. The zero-order chi connectivity index (χ0) is 14.0. The number of amidine groups is 1. The maximum Gasteiger partial charge on any atom is 0.320 e. The molecule has 0 amide bonds. The van der Waals surface area contributed by atoms with E-state index < -0.39 is 12.0 Å². The van der Waals surface area contributed by atoms with Crippen LogP contribution in [0.1, 0.15) is 58.8 Å². The first-order chi connectivity index (χ1) is 8.51. The molecule has 0 rings (SSSR count). The van der Waals surface area contributed by atoms with E-state index in [9.17, 15) is 4.79 Å². The molecule has 0 bridgehead atoms. The predicted molar refractivity (Wildman–Crippen MR) is 74.7 cm³/mol. The van der Waals surface area contributed by atoms with Crippen molar-refractivity contribution in [1.82, 2.24) is 0 Å². The molecule has 18 heavy (non-hydrogen) atoms. The highest BCUT2D eigenvalue weighted by Gasteiger charge is 2.11. The molecule has 0 aliphatic heterocycles. The van der Waals surface area contributed by atoms with Gasteiger partial charge < -0.3 is 16.6 Å². The summed E-state index contributed by atoms with van der Waals surface area (Å²) >= 11 is 0. The molecule has 5 heteroatoms. The van der Waals surface area contributed by atoms with E-state index in [1.165, 1.54) is 0 Å². The maximum absolute atomic E-state index is 10.6. The largest absolute Gasteiger partial charge is 0.480 e. The minimum absolute atomic E-state index is 0.274. The van der Waals surface area contributed by atoms with Crippen molar-refractivity contribution >= 4 is 11.8 Å². The molecule has 0 radical (unpaired) electrons. The number of carbonyl (C=O) groups is 1. The summed E-state index contributed by atoms with van der Waals surface area (Å²) in [5.74, 6) is -0.218. The topological polar surface area (TPSA) is 102 Å². The van der Waals surface area contributed by atoms with Crippen LogP contribution in [-0.2, 0) is 4.79 Å². The average molecular weight is 257 g/mol. The van der Waals surface area contributed by atoms with Crippen LogP contribution in [0.2, 0.25) is 0 Å². The van der Waals surface area contributed by atoms with Crippen molar-refractivity contribution in [2.24, 2.45) is 16.5 Å². The molecule has 0 aromatic rings. The molecule has 2 unspecified atom stereocenters. The minimum atomic E-state index is -0.923. The summed E-state index contributed by atoms with van der Waals surface area (Å²) in [6, 6.07) is -0.463. The van der Waals surface area contributed by atoms with E-state index >= 15 is 0 Å². The van der Waals surface area contributed by atoms with E-state index in [1.807, 2.05) is 6.92 Å². The molecule has 0 aromatic carbocycles. The maximum atomic E-state index is 10.6. The first-order valence-electron chi connectivity index (χ1n) is 6.81. The Morgan fingerprint density at radius 1 is 1.22 bits per heavy atom. The molecule has 0 spiro atoms. The van der Waals surface area contributed by atoms with Crippen LogP contribution in [0.3, 0.4) is 0 Å². The lowest BCUT2D eigenvalue weighted by Crippen LogP contribution is -2.29. The fraction of sp³-hybridized carbons (Fsp3) is 0.846. The molecule has 0 saturated heterocycles. The number of carboxylic acid groups (broad SMARTS) is 1. The van der Waals surface area contributed by atoms with Crippen LogP contribution >= 0.6 is 0 Å². The monoisotopic (exact) mass is 257 g/mol. The fourth-order valence-corrected chi connectivity index (χ4v) is 1.80. The molecule has 5 nitrogen and oxygen atoms in total. The summed E-state index contributed by atoms with van der Waals surface area (Å²) < 4.78 is 0. The zero-order valence-corrected chi connectivity index (χ0v) is 11.6. The van der Waals surface area contributed by atoms with Crippen molar-refractivity contribution in [2.45, 2.75) is 70.9 Å². The van der Waals surface area contributed by atoms with E-state index in [1.54, 1.807) is 0 Å². The van der Waals surface area contributed by atoms with Crippen LogP contribution in [0.4, 0.5) is 0 Å².